The van der Waals surface area contributed by atoms with E-state index < -0.39 is 12.0 Å². The topological polar surface area (TPSA) is 41.6 Å². The van der Waals surface area contributed by atoms with Gasteiger partial charge in [0, 0.05) is 17.3 Å². The van der Waals surface area contributed by atoms with Crippen molar-refractivity contribution in [3.63, 3.8) is 0 Å². The molecule has 27 heavy (non-hydrogen) atoms. The van der Waals surface area contributed by atoms with E-state index in [0.29, 0.717) is 27.9 Å². The van der Waals surface area contributed by atoms with Gasteiger partial charge in [-0.05, 0) is 54.5 Å². The van der Waals surface area contributed by atoms with E-state index in [4.69, 9.17) is 28.6 Å². The molecular formula is C20H18ClFN2O2S. The van der Waals surface area contributed by atoms with Crippen molar-refractivity contribution in [3.05, 3.63) is 81.8 Å². The summed E-state index contributed by atoms with van der Waals surface area (Å²) in [5.41, 5.74) is 2.88. The van der Waals surface area contributed by atoms with Crippen LogP contribution in [0.2, 0.25) is 5.02 Å². The van der Waals surface area contributed by atoms with Crippen LogP contribution < -0.4 is 5.32 Å². The van der Waals surface area contributed by atoms with E-state index in [1.54, 1.807) is 29.2 Å². The average molecular weight is 405 g/mol. The maximum absolute atomic E-state index is 13.2. The summed E-state index contributed by atoms with van der Waals surface area (Å²) in [7, 11) is 1.35. The summed E-state index contributed by atoms with van der Waals surface area (Å²) >= 11 is 11.5. The van der Waals surface area contributed by atoms with Crippen LogP contribution in [0.1, 0.15) is 24.1 Å². The maximum atomic E-state index is 13.2. The van der Waals surface area contributed by atoms with Crippen molar-refractivity contribution in [1.29, 1.82) is 0 Å². The Bertz CT molecular complexity index is 897. The Morgan fingerprint density at radius 2 is 1.85 bits per heavy atom. The van der Waals surface area contributed by atoms with Gasteiger partial charge in [0.1, 0.15) is 5.82 Å². The van der Waals surface area contributed by atoms with Gasteiger partial charge in [-0.1, -0.05) is 35.9 Å². The molecule has 4 nitrogen and oxygen atoms in total. The molecule has 3 rings (SSSR count). The third kappa shape index (κ3) is 4.12. The van der Waals surface area contributed by atoms with Gasteiger partial charge in [0.2, 0.25) is 0 Å². The number of esters is 1. The third-order valence-electron chi connectivity index (χ3n) is 4.46. The lowest BCUT2D eigenvalue weighted by molar-refractivity contribution is -0.136. The Hall–Kier alpha value is -2.44. The van der Waals surface area contributed by atoms with E-state index in [2.05, 4.69) is 5.32 Å². The SMILES string of the molecule is COC(=O)C1=C(C)N(Cc2ccc(F)cc2)C(=S)NC1c1ccc(Cl)cc1. The number of methoxy groups -OCH3 is 1. The van der Waals surface area contributed by atoms with Crippen LogP contribution in [0.4, 0.5) is 4.39 Å². The molecule has 0 aromatic heterocycles. The molecule has 140 valence electrons. The molecule has 1 aliphatic heterocycles. The zero-order valence-electron chi connectivity index (χ0n) is 14.8. The van der Waals surface area contributed by atoms with Gasteiger partial charge in [0.25, 0.3) is 0 Å². The summed E-state index contributed by atoms with van der Waals surface area (Å²) in [5, 5.41) is 4.29. The number of carbonyl (C=O) groups is 1. The third-order valence-corrected chi connectivity index (χ3v) is 5.05. The Labute approximate surface area is 167 Å². The number of rotatable bonds is 4. The molecule has 0 spiro atoms. The molecule has 2 aromatic rings. The molecule has 0 amide bonds. The zero-order valence-corrected chi connectivity index (χ0v) is 16.4. The van der Waals surface area contributed by atoms with Gasteiger partial charge >= 0.3 is 5.97 Å². The first kappa shape index (κ1) is 19.3. The van der Waals surface area contributed by atoms with Crippen molar-refractivity contribution in [1.82, 2.24) is 10.2 Å². The summed E-state index contributed by atoms with van der Waals surface area (Å²) in [6, 6.07) is 12.9. The smallest absolute Gasteiger partial charge is 0.337 e. The molecule has 0 radical (unpaired) electrons. The minimum atomic E-state index is -0.438. The average Bonchev–Trinajstić information content (AvgIpc) is 2.66. The molecular weight excluding hydrogens is 387 g/mol. The molecule has 0 saturated carbocycles. The highest BCUT2D eigenvalue weighted by molar-refractivity contribution is 7.80. The van der Waals surface area contributed by atoms with Gasteiger partial charge in [-0.15, -0.1) is 0 Å². The maximum Gasteiger partial charge on any atom is 0.337 e. The number of hydrogen-bond donors (Lipinski definition) is 1. The second kappa shape index (κ2) is 8.06. The van der Waals surface area contributed by atoms with Crippen molar-refractivity contribution in [2.45, 2.75) is 19.5 Å². The molecule has 1 aliphatic rings. The van der Waals surface area contributed by atoms with E-state index >= 15 is 0 Å². The van der Waals surface area contributed by atoms with Gasteiger partial charge in [0.15, 0.2) is 5.11 Å². The van der Waals surface area contributed by atoms with Crippen molar-refractivity contribution in [2.24, 2.45) is 0 Å². The van der Waals surface area contributed by atoms with Crippen LogP contribution in [-0.2, 0) is 16.1 Å². The molecule has 1 atom stereocenters. The number of carbonyl (C=O) groups excluding carboxylic acids is 1. The van der Waals surface area contributed by atoms with Gasteiger partial charge in [-0.3, -0.25) is 0 Å². The minimum absolute atomic E-state index is 0.302. The molecule has 1 heterocycles. The molecule has 2 aromatic carbocycles. The number of halogens is 2. The number of thiocarbonyl (C=S) groups is 1. The Balaban J connectivity index is 2.00. The second-order valence-electron chi connectivity index (χ2n) is 6.14. The Morgan fingerprint density at radius 1 is 1.22 bits per heavy atom. The number of nitrogens with one attached hydrogen (secondary N) is 1. The largest absolute Gasteiger partial charge is 0.466 e. The fourth-order valence-corrected chi connectivity index (χ4v) is 3.47. The highest BCUT2D eigenvalue weighted by atomic mass is 35.5. The minimum Gasteiger partial charge on any atom is -0.466 e. The van der Waals surface area contributed by atoms with Gasteiger partial charge in [0.05, 0.1) is 18.7 Å². The van der Waals surface area contributed by atoms with Crippen LogP contribution in [0.3, 0.4) is 0 Å². The molecule has 0 bridgehead atoms. The summed E-state index contributed by atoms with van der Waals surface area (Å²) in [6.07, 6.45) is 0. The van der Waals surface area contributed by atoms with E-state index in [1.807, 2.05) is 19.1 Å². The molecule has 0 saturated heterocycles. The monoisotopic (exact) mass is 404 g/mol. The van der Waals surface area contributed by atoms with Gasteiger partial charge in [-0.2, -0.15) is 0 Å². The van der Waals surface area contributed by atoms with Gasteiger partial charge in [-0.25, -0.2) is 9.18 Å². The summed E-state index contributed by atoms with van der Waals surface area (Å²) < 4.78 is 18.2. The van der Waals surface area contributed by atoms with Crippen LogP contribution in [-0.4, -0.2) is 23.1 Å². The number of benzene rings is 2. The highest BCUT2D eigenvalue weighted by Crippen LogP contribution is 2.32. The Morgan fingerprint density at radius 3 is 2.44 bits per heavy atom. The van der Waals surface area contributed by atoms with Crippen LogP contribution >= 0.6 is 23.8 Å². The second-order valence-corrected chi connectivity index (χ2v) is 6.96. The lowest BCUT2D eigenvalue weighted by Crippen LogP contribution is -2.47. The molecule has 0 fully saturated rings. The molecule has 1 unspecified atom stereocenters. The molecule has 1 N–H and O–H groups in total. The lowest BCUT2D eigenvalue weighted by Gasteiger charge is -2.37. The number of nitrogens with zero attached hydrogens (tertiary/aromatic N) is 1. The predicted octanol–water partition coefficient (Wildman–Crippen LogP) is 4.36. The fourth-order valence-electron chi connectivity index (χ4n) is 3.02. The first-order chi connectivity index (χ1) is 12.9. The van der Waals surface area contributed by atoms with E-state index in [0.717, 1.165) is 11.1 Å². The molecule has 7 heteroatoms. The number of allylic oxidation sites excluding steroid dienone is 1. The van der Waals surface area contributed by atoms with E-state index in [-0.39, 0.29) is 5.82 Å². The van der Waals surface area contributed by atoms with Crippen molar-refractivity contribution in [2.75, 3.05) is 7.11 Å². The van der Waals surface area contributed by atoms with Crippen LogP contribution in [0.5, 0.6) is 0 Å². The standard InChI is InChI=1S/C20H18ClFN2O2S/c1-12-17(19(25)26-2)18(14-5-7-15(21)8-6-14)23-20(27)24(12)11-13-3-9-16(22)10-4-13/h3-10,18H,11H2,1-2H3,(H,23,27). The molecule has 0 aliphatic carbocycles. The quantitative estimate of drug-likeness (QED) is 0.605. The summed E-state index contributed by atoms with van der Waals surface area (Å²) in [5.74, 6) is -0.741. The number of hydrogen-bond acceptors (Lipinski definition) is 3. The van der Waals surface area contributed by atoms with Crippen molar-refractivity contribution >= 4 is 34.9 Å². The summed E-state index contributed by atoms with van der Waals surface area (Å²) in [6.45, 7) is 2.23. The van der Waals surface area contributed by atoms with Crippen LogP contribution in [0.25, 0.3) is 0 Å². The van der Waals surface area contributed by atoms with Gasteiger partial charge < -0.3 is 15.0 Å². The lowest BCUT2D eigenvalue weighted by atomic mass is 9.95. The highest BCUT2D eigenvalue weighted by Gasteiger charge is 2.34. The van der Waals surface area contributed by atoms with E-state index in [9.17, 15) is 9.18 Å². The fraction of sp³-hybridized carbons (Fsp3) is 0.200. The van der Waals surface area contributed by atoms with Crippen molar-refractivity contribution < 1.29 is 13.9 Å². The zero-order chi connectivity index (χ0) is 19.6. The normalized spacial score (nSPS) is 17.0. The van der Waals surface area contributed by atoms with Crippen molar-refractivity contribution in [3.8, 4) is 0 Å². The summed E-state index contributed by atoms with van der Waals surface area (Å²) in [4.78, 5) is 14.3. The van der Waals surface area contributed by atoms with Crippen LogP contribution in [0, 0.1) is 5.82 Å². The van der Waals surface area contributed by atoms with E-state index in [1.165, 1.54) is 19.2 Å². The van der Waals surface area contributed by atoms with Crippen LogP contribution in [0.15, 0.2) is 59.8 Å². The predicted molar refractivity (Wildman–Crippen MR) is 107 cm³/mol. The first-order valence-electron chi connectivity index (χ1n) is 8.27. The Kier molecular flexibility index (Phi) is 5.77. The first-order valence-corrected chi connectivity index (χ1v) is 9.06. The number of ether oxygens (including phenoxy) is 1.